The Balaban J connectivity index is 2.36. The molecule has 6 nitrogen and oxygen atoms in total. The van der Waals surface area contributed by atoms with Crippen LogP contribution in [0.2, 0.25) is 0 Å². The maximum absolute atomic E-state index is 12.4. The van der Waals surface area contributed by atoms with Gasteiger partial charge in [-0.1, -0.05) is 30.5 Å². The van der Waals surface area contributed by atoms with Gasteiger partial charge >= 0.3 is 0 Å². The van der Waals surface area contributed by atoms with Crippen molar-refractivity contribution in [3.05, 3.63) is 22.5 Å². The summed E-state index contributed by atoms with van der Waals surface area (Å²) >= 11 is 1.13. The molecule has 0 aliphatic heterocycles. The van der Waals surface area contributed by atoms with E-state index in [0.717, 1.165) is 23.6 Å². The van der Waals surface area contributed by atoms with Gasteiger partial charge in [-0.25, -0.2) is 4.68 Å². The molecule has 0 aromatic carbocycles. The van der Waals surface area contributed by atoms with Crippen molar-refractivity contribution in [1.82, 2.24) is 24.6 Å². The van der Waals surface area contributed by atoms with Crippen LogP contribution in [0.15, 0.2) is 6.20 Å². The molecule has 0 saturated heterocycles. The second-order valence-electron chi connectivity index (χ2n) is 4.31. The second-order valence-corrected chi connectivity index (χ2v) is 5.07. The normalized spacial score (nSPS) is 11.1. The minimum absolute atomic E-state index is 0.0906. The van der Waals surface area contributed by atoms with Crippen LogP contribution in [0.4, 0.5) is 0 Å². The summed E-state index contributed by atoms with van der Waals surface area (Å²) in [4.78, 5) is 13.0. The summed E-state index contributed by atoms with van der Waals surface area (Å²) in [6, 6.07) is 0. The van der Waals surface area contributed by atoms with Crippen LogP contribution in [-0.2, 0) is 6.54 Å². The lowest BCUT2D eigenvalue weighted by atomic mass is 10.1. The molecule has 0 amide bonds. The van der Waals surface area contributed by atoms with Crippen LogP contribution in [0.1, 0.15) is 54.2 Å². The lowest BCUT2D eigenvalue weighted by Crippen LogP contribution is -2.12. The predicted octanol–water partition coefficient (Wildman–Crippen LogP) is 1.89. The van der Waals surface area contributed by atoms with Crippen LogP contribution < -0.4 is 0 Å². The number of hydrogen-bond donors (Lipinski definition) is 0. The molecule has 96 valence electrons. The summed E-state index contributed by atoms with van der Waals surface area (Å²) in [5, 5.41) is 11.7. The molecule has 0 N–H and O–H groups in total. The third kappa shape index (κ3) is 2.31. The summed E-state index contributed by atoms with van der Waals surface area (Å²) in [6.07, 6.45) is 2.41. The Hall–Kier alpha value is -1.63. The highest BCUT2D eigenvalue weighted by Gasteiger charge is 2.23. The highest BCUT2D eigenvalue weighted by molar-refractivity contribution is 7.08. The Morgan fingerprint density at radius 3 is 2.94 bits per heavy atom. The molecule has 2 aromatic rings. The van der Waals surface area contributed by atoms with E-state index in [4.69, 9.17) is 0 Å². The second kappa shape index (κ2) is 5.34. The molecule has 0 fully saturated rings. The van der Waals surface area contributed by atoms with Crippen molar-refractivity contribution in [2.45, 2.75) is 39.7 Å². The third-order valence-electron chi connectivity index (χ3n) is 2.55. The molecule has 0 unspecified atom stereocenters. The smallest absolute Gasteiger partial charge is 0.226 e. The summed E-state index contributed by atoms with van der Waals surface area (Å²) < 4.78 is 5.50. The molecule has 0 atom stereocenters. The molecule has 0 aliphatic carbocycles. The number of carbonyl (C=O) groups is 1. The first-order chi connectivity index (χ1) is 8.65. The van der Waals surface area contributed by atoms with Gasteiger partial charge in [-0.2, -0.15) is 0 Å². The monoisotopic (exact) mass is 265 g/mol. The Morgan fingerprint density at radius 2 is 2.28 bits per heavy atom. The van der Waals surface area contributed by atoms with E-state index in [1.54, 1.807) is 4.68 Å². The van der Waals surface area contributed by atoms with Gasteiger partial charge in [0.05, 0.1) is 11.9 Å². The zero-order chi connectivity index (χ0) is 13.1. The summed E-state index contributed by atoms with van der Waals surface area (Å²) in [7, 11) is 0. The van der Waals surface area contributed by atoms with Crippen LogP contribution in [-0.4, -0.2) is 30.4 Å². The van der Waals surface area contributed by atoms with Crippen molar-refractivity contribution in [2.24, 2.45) is 0 Å². The molecule has 2 aromatic heterocycles. The zero-order valence-electron chi connectivity index (χ0n) is 10.6. The van der Waals surface area contributed by atoms with Crippen molar-refractivity contribution in [1.29, 1.82) is 0 Å². The predicted molar refractivity (Wildman–Crippen MR) is 67.7 cm³/mol. The van der Waals surface area contributed by atoms with Crippen molar-refractivity contribution in [2.75, 3.05) is 0 Å². The number of nitrogens with zero attached hydrogens (tertiary/aromatic N) is 5. The Morgan fingerprint density at radius 1 is 1.50 bits per heavy atom. The largest absolute Gasteiger partial charge is 0.286 e. The fraction of sp³-hybridized carbons (Fsp3) is 0.545. The molecule has 2 rings (SSSR count). The third-order valence-corrected chi connectivity index (χ3v) is 3.29. The first kappa shape index (κ1) is 12.8. The van der Waals surface area contributed by atoms with E-state index in [9.17, 15) is 4.79 Å². The first-order valence-electron chi connectivity index (χ1n) is 5.90. The fourth-order valence-corrected chi connectivity index (χ4v) is 2.43. The van der Waals surface area contributed by atoms with E-state index in [2.05, 4.69) is 19.9 Å². The molecule has 18 heavy (non-hydrogen) atoms. The Labute approximate surface area is 109 Å². The molecule has 0 radical (unpaired) electrons. The number of rotatable bonds is 5. The Kier molecular flexibility index (Phi) is 3.81. The van der Waals surface area contributed by atoms with Crippen LogP contribution in [0.5, 0.6) is 0 Å². The SMILES string of the molecule is CCCn1nncc1C(=O)c1snnc1C(C)C. The number of aromatic nitrogens is 5. The van der Waals surface area contributed by atoms with Crippen LogP contribution in [0, 0.1) is 0 Å². The average molecular weight is 265 g/mol. The van der Waals surface area contributed by atoms with E-state index >= 15 is 0 Å². The molecule has 2 heterocycles. The van der Waals surface area contributed by atoms with Crippen molar-refractivity contribution in [3.63, 3.8) is 0 Å². The number of hydrogen-bond acceptors (Lipinski definition) is 6. The minimum Gasteiger partial charge on any atom is -0.286 e. The van der Waals surface area contributed by atoms with Gasteiger partial charge in [0.2, 0.25) is 5.78 Å². The average Bonchev–Trinajstić information content (AvgIpc) is 2.96. The van der Waals surface area contributed by atoms with E-state index in [1.807, 2.05) is 20.8 Å². The van der Waals surface area contributed by atoms with Gasteiger partial charge in [0.25, 0.3) is 0 Å². The standard InChI is InChI=1S/C11H15N5OS/c1-4-5-16-8(6-12-14-16)10(17)11-9(7(2)3)13-15-18-11/h6-7H,4-5H2,1-3H3. The van der Waals surface area contributed by atoms with E-state index in [-0.39, 0.29) is 11.7 Å². The van der Waals surface area contributed by atoms with Crippen molar-refractivity contribution < 1.29 is 4.79 Å². The zero-order valence-corrected chi connectivity index (χ0v) is 11.4. The molecular formula is C11H15N5OS. The molecular weight excluding hydrogens is 250 g/mol. The number of aryl methyl sites for hydroxylation is 1. The quantitative estimate of drug-likeness (QED) is 0.772. The van der Waals surface area contributed by atoms with Gasteiger partial charge in [0.15, 0.2) is 0 Å². The van der Waals surface area contributed by atoms with Gasteiger partial charge in [0, 0.05) is 6.54 Å². The highest BCUT2D eigenvalue weighted by atomic mass is 32.1. The van der Waals surface area contributed by atoms with Crippen LogP contribution in [0.25, 0.3) is 0 Å². The van der Waals surface area contributed by atoms with E-state index in [1.165, 1.54) is 6.20 Å². The molecule has 0 saturated carbocycles. The molecule has 0 bridgehead atoms. The van der Waals surface area contributed by atoms with Gasteiger partial charge in [0.1, 0.15) is 10.6 Å². The maximum Gasteiger partial charge on any atom is 0.226 e. The van der Waals surface area contributed by atoms with E-state index in [0.29, 0.717) is 17.1 Å². The van der Waals surface area contributed by atoms with Crippen molar-refractivity contribution >= 4 is 17.3 Å². The fourth-order valence-electron chi connectivity index (χ4n) is 1.66. The molecule has 0 spiro atoms. The van der Waals surface area contributed by atoms with Crippen LogP contribution in [0.3, 0.4) is 0 Å². The van der Waals surface area contributed by atoms with Gasteiger partial charge in [-0.3, -0.25) is 4.79 Å². The number of ketones is 1. The van der Waals surface area contributed by atoms with E-state index < -0.39 is 0 Å². The maximum atomic E-state index is 12.4. The summed E-state index contributed by atoms with van der Waals surface area (Å²) in [6.45, 7) is 6.71. The van der Waals surface area contributed by atoms with Gasteiger partial charge in [-0.05, 0) is 23.9 Å². The minimum atomic E-state index is -0.0906. The van der Waals surface area contributed by atoms with Gasteiger partial charge in [-0.15, -0.1) is 10.2 Å². The number of carbonyl (C=O) groups excluding carboxylic acids is 1. The summed E-state index contributed by atoms with van der Waals surface area (Å²) in [5.41, 5.74) is 1.25. The molecule has 0 aliphatic rings. The van der Waals surface area contributed by atoms with Crippen molar-refractivity contribution in [3.8, 4) is 0 Å². The Bertz CT molecular complexity index is 545. The van der Waals surface area contributed by atoms with Gasteiger partial charge < -0.3 is 0 Å². The first-order valence-corrected chi connectivity index (χ1v) is 6.68. The lowest BCUT2D eigenvalue weighted by molar-refractivity contribution is 0.103. The lowest BCUT2D eigenvalue weighted by Gasteiger charge is -2.04. The summed E-state index contributed by atoms with van der Waals surface area (Å²) in [5.74, 6) is 0.0883. The topological polar surface area (TPSA) is 73.6 Å². The van der Waals surface area contributed by atoms with Crippen LogP contribution >= 0.6 is 11.5 Å². The molecule has 7 heteroatoms. The highest BCUT2D eigenvalue weighted by Crippen LogP contribution is 2.22.